The van der Waals surface area contributed by atoms with E-state index in [0.29, 0.717) is 0 Å². The van der Waals surface area contributed by atoms with Gasteiger partial charge in [-0.2, -0.15) is 20.4 Å². The van der Waals surface area contributed by atoms with Crippen LogP contribution in [0.2, 0.25) is 0 Å². The molecule has 0 spiro atoms. The predicted molar refractivity (Wildman–Crippen MR) is 240 cm³/mol. The van der Waals surface area contributed by atoms with Crippen LogP contribution in [0.4, 0.5) is 0 Å². The first-order valence-corrected chi connectivity index (χ1v) is 19.3. The fourth-order valence-corrected chi connectivity index (χ4v) is 4.57. The molecule has 8 aromatic rings. The lowest BCUT2D eigenvalue weighted by Crippen LogP contribution is -1.86. The van der Waals surface area contributed by atoms with Crippen LogP contribution in [0.3, 0.4) is 0 Å². The summed E-state index contributed by atoms with van der Waals surface area (Å²) in [6.07, 6.45) is 18.5. The summed E-state index contributed by atoms with van der Waals surface area (Å²) in [6.45, 7) is 23.5. The highest BCUT2D eigenvalue weighted by Crippen LogP contribution is 1.95. The average molecular weight is 816 g/mol. The van der Waals surface area contributed by atoms with E-state index in [2.05, 4.69) is 55.3 Å². The first-order chi connectivity index (χ1) is 28.3. The third kappa shape index (κ3) is 27.0. The molecule has 0 aromatic carbocycles. The van der Waals surface area contributed by atoms with Gasteiger partial charge in [0.2, 0.25) is 0 Å². The molecule has 0 amide bonds. The summed E-state index contributed by atoms with van der Waals surface area (Å²) < 4.78 is 7.15. The van der Waals surface area contributed by atoms with Crippen molar-refractivity contribution >= 4 is 0 Å². The molecule has 0 fully saturated rings. The first-order valence-electron chi connectivity index (χ1n) is 19.3. The minimum Gasteiger partial charge on any atom is -0.276 e. The van der Waals surface area contributed by atoms with E-state index in [-0.39, 0.29) is 0 Å². The van der Waals surface area contributed by atoms with Crippen LogP contribution in [0, 0.1) is 83.1 Å². The monoisotopic (exact) mass is 816 g/mol. The molecule has 0 aliphatic carbocycles. The average Bonchev–Trinajstić information content (AvgIpc) is 3.95. The number of aryl methyl sites for hydroxylation is 16. The van der Waals surface area contributed by atoms with Gasteiger partial charge in [-0.1, -0.05) is 6.07 Å². The highest BCUT2D eigenvalue weighted by molar-refractivity contribution is 5.08. The van der Waals surface area contributed by atoms with Gasteiger partial charge in [-0.3, -0.25) is 33.7 Å². The largest absolute Gasteiger partial charge is 0.276 e. The van der Waals surface area contributed by atoms with E-state index < -0.39 is 0 Å². The second-order valence-corrected chi connectivity index (χ2v) is 13.9. The lowest BCUT2D eigenvalue weighted by atomic mass is 10.3. The smallest absolute Gasteiger partial charge is 0.125 e. The van der Waals surface area contributed by atoms with Crippen molar-refractivity contribution in [1.82, 2.24) is 74.0 Å². The van der Waals surface area contributed by atoms with Crippen molar-refractivity contribution < 1.29 is 0 Å². The third-order valence-electron chi connectivity index (χ3n) is 7.10. The van der Waals surface area contributed by atoms with Crippen LogP contribution in [0.1, 0.15) is 68.3 Å². The maximum atomic E-state index is 4.17. The lowest BCUT2D eigenvalue weighted by Gasteiger charge is -1.90. The molecule has 320 valence electrons. The normalized spacial score (nSPS) is 9.33. The van der Waals surface area contributed by atoms with Gasteiger partial charge in [-0.25, -0.2) is 19.9 Å². The Labute approximate surface area is 357 Å². The highest BCUT2D eigenvalue weighted by atomic mass is 15.3. The zero-order chi connectivity index (χ0) is 45.0. The Morgan fingerprint density at radius 2 is 0.733 bits per heavy atom. The molecule has 0 unspecified atom stereocenters. The van der Waals surface area contributed by atoms with E-state index in [4.69, 9.17) is 0 Å². The fourth-order valence-electron chi connectivity index (χ4n) is 4.57. The van der Waals surface area contributed by atoms with Gasteiger partial charge >= 0.3 is 0 Å². The van der Waals surface area contributed by atoms with Crippen molar-refractivity contribution in [2.45, 2.75) is 83.1 Å². The van der Waals surface area contributed by atoms with Crippen molar-refractivity contribution in [3.63, 3.8) is 0 Å². The number of rotatable bonds is 0. The molecule has 15 heteroatoms. The topological polar surface area (TPSA) is 162 Å². The van der Waals surface area contributed by atoms with E-state index in [1.807, 2.05) is 191 Å². The molecule has 0 aliphatic rings. The van der Waals surface area contributed by atoms with Gasteiger partial charge in [-0.15, -0.1) is 0 Å². The van der Waals surface area contributed by atoms with Crippen LogP contribution in [0.15, 0.2) is 104 Å². The number of hydrogen-bond donors (Lipinski definition) is 0. The van der Waals surface area contributed by atoms with E-state index in [1.165, 1.54) is 11.1 Å². The molecule has 60 heavy (non-hydrogen) atoms. The van der Waals surface area contributed by atoms with Crippen LogP contribution in [0.25, 0.3) is 0 Å². The van der Waals surface area contributed by atoms with E-state index in [1.54, 1.807) is 43.5 Å². The second kappa shape index (κ2) is 28.6. The number of hydrogen-bond acceptors (Lipinski definition) is 11. The van der Waals surface area contributed by atoms with Crippen molar-refractivity contribution in [2.24, 2.45) is 28.2 Å². The quantitative estimate of drug-likeness (QED) is 0.146. The first kappa shape index (κ1) is 51.2. The summed E-state index contributed by atoms with van der Waals surface area (Å²) >= 11 is 0. The number of nitrogens with zero attached hydrogens (tertiary/aromatic N) is 15. The zero-order valence-electron chi connectivity index (χ0n) is 38.5. The van der Waals surface area contributed by atoms with Gasteiger partial charge in [0, 0.05) is 101 Å². The van der Waals surface area contributed by atoms with E-state index in [9.17, 15) is 0 Å². The molecular weight excluding hydrogens is 751 g/mol. The summed E-state index contributed by atoms with van der Waals surface area (Å²) in [5.74, 6) is 1.68. The Bertz CT molecular complexity index is 1870. The standard InChI is InChI=1S/C7H9N.3C6H8N2.4C5H8N2/c1-6-4-3-5-7(2)8-6;1-5-3-7-4-6(2)8-5;2*1-5-3-4-7-6(2)8-5;2*1-5-3-6-7(2)4-5;2*1-5-3-4-7(2)6-5/h3-5H,1-2H3;3*3-4H,1-2H3;4*3-4H,1-2H3. The maximum Gasteiger partial charge on any atom is 0.125 e. The second-order valence-electron chi connectivity index (χ2n) is 13.9. The molecule has 0 N–H and O–H groups in total. The summed E-state index contributed by atoms with van der Waals surface area (Å²) in [5.41, 5.74) is 10.7. The summed E-state index contributed by atoms with van der Waals surface area (Å²) in [7, 11) is 7.64. The van der Waals surface area contributed by atoms with Crippen LogP contribution in [-0.4, -0.2) is 74.0 Å². The summed E-state index contributed by atoms with van der Waals surface area (Å²) in [4.78, 5) is 28.2. The van der Waals surface area contributed by atoms with Gasteiger partial charge < -0.3 is 0 Å². The fraction of sp³-hybridized carbons (Fsp3) is 0.356. The van der Waals surface area contributed by atoms with Gasteiger partial charge in [0.25, 0.3) is 0 Å². The lowest BCUT2D eigenvalue weighted by molar-refractivity contribution is 0.756. The molecule has 0 aliphatic heterocycles. The molecule has 15 nitrogen and oxygen atoms in total. The van der Waals surface area contributed by atoms with Gasteiger partial charge in [0.05, 0.1) is 35.2 Å². The highest BCUT2D eigenvalue weighted by Gasteiger charge is 1.87. The Balaban J connectivity index is 0.000000343. The van der Waals surface area contributed by atoms with Crippen molar-refractivity contribution in [3.8, 4) is 0 Å². The SMILES string of the molecule is Cc1cccc(C)n1.Cc1ccn(C)n1.Cc1ccn(C)n1.Cc1ccnc(C)n1.Cc1ccnc(C)n1.Cc1cncc(C)n1.Cc1cnn(C)c1.Cc1cnn(C)c1. The molecule has 0 atom stereocenters. The Morgan fingerprint density at radius 3 is 0.883 bits per heavy atom. The Kier molecular flexibility index (Phi) is 24.4. The van der Waals surface area contributed by atoms with Crippen molar-refractivity contribution in [3.05, 3.63) is 173 Å². The van der Waals surface area contributed by atoms with Gasteiger partial charge in [0.1, 0.15) is 11.6 Å². The summed E-state index contributed by atoms with van der Waals surface area (Å²) in [5, 5.41) is 15.9. The Morgan fingerprint density at radius 1 is 0.367 bits per heavy atom. The maximum absolute atomic E-state index is 4.17. The predicted octanol–water partition coefficient (Wildman–Crippen LogP) is 7.89. The molecule has 8 aromatic heterocycles. The summed E-state index contributed by atoms with van der Waals surface area (Å²) in [6, 6.07) is 13.7. The molecular formula is C45H65N15. The molecule has 0 saturated heterocycles. The molecule has 0 radical (unpaired) electrons. The minimum absolute atomic E-state index is 0.838. The minimum atomic E-state index is 0.838. The van der Waals surface area contributed by atoms with Gasteiger partial charge in [0.15, 0.2) is 0 Å². The van der Waals surface area contributed by atoms with Crippen molar-refractivity contribution in [2.75, 3.05) is 0 Å². The van der Waals surface area contributed by atoms with Crippen LogP contribution >= 0.6 is 0 Å². The molecule has 8 heterocycles. The third-order valence-corrected chi connectivity index (χ3v) is 7.10. The molecule has 0 bridgehead atoms. The molecule has 0 saturated carbocycles. The van der Waals surface area contributed by atoms with Crippen molar-refractivity contribution in [1.29, 1.82) is 0 Å². The van der Waals surface area contributed by atoms with E-state index >= 15 is 0 Å². The number of pyridine rings is 1. The van der Waals surface area contributed by atoms with Crippen LogP contribution < -0.4 is 0 Å². The van der Waals surface area contributed by atoms with Gasteiger partial charge in [-0.05, 0) is 131 Å². The Hall–Kier alpha value is -6.77. The van der Waals surface area contributed by atoms with E-state index in [0.717, 1.165) is 57.2 Å². The van der Waals surface area contributed by atoms with Crippen LogP contribution in [0.5, 0.6) is 0 Å². The number of aromatic nitrogens is 15. The zero-order valence-corrected chi connectivity index (χ0v) is 38.5. The molecule has 8 rings (SSSR count). The van der Waals surface area contributed by atoms with Crippen LogP contribution in [-0.2, 0) is 28.2 Å².